The van der Waals surface area contributed by atoms with Gasteiger partial charge in [0.2, 0.25) is 11.8 Å². The fourth-order valence-corrected chi connectivity index (χ4v) is 7.30. The van der Waals surface area contributed by atoms with Crippen molar-refractivity contribution in [3.8, 4) is 5.75 Å². The predicted octanol–water partition coefficient (Wildman–Crippen LogP) is 6.16. The van der Waals surface area contributed by atoms with Gasteiger partial charge in [0.05, 0.1) is 24.2 Å². The molecule has 0 unspecified atom stereocenters. The molecule has 6 rings (SSSR count). The molecule has 3 aliphatic rings. The lowest BCUT2D eigenvalue weighted by Gasteiger charge is -2.44. The summed E-state index contributed by atoms with van der Waals surface area (Å²) in [4.78, 5) is 40.9. The number of ether oxygens (including phenoxy) is 2. The molecule has 2 amide bonds. The quantitative estimate of drug-likeness (QED) is 0.152. The van der Waals surface area contributed by atoms with E-state index in [0.717, 1.165) is 53.3 Å². The Morgan fingerprint density at radius 1 is 0.980 bits per heavy atom. The number of esters is 1. The van der Waals surface area contributed by atoms with Crippen LogP contribution in [0.15, 0.2) is 82.8 Å². The van der Waals surface area contributed by atoms with E-state index in [9.17, 15) is 18.8 Å². The maximum absolute atomic E-state index is 14.3. The number of aryl methyl sites for hydroxylation is 1. The van der Waals surface area contributed by atoms with Crippen LogP contribution in [-0.4, -0.2) is 67.1 Å². The van der Waals surface area contributed by atoms with Crippen molar-refractivity contribution in [1.82, 2.24) is 15.5 Å². The van der Waals surface area contributed by atoms with Crippen LogP contribution in [0.1, 0.15) is 61.6 Å². The molecule has 8 nitrogen and oxygen atoms in total. The number of methoxy groups -OCH3 is 1. The van der Waals surface area contributed by atoms with Gasteiger partial charge in [-0.3, -0.25) is 14.4 Å². The summed E-state index contributed by atoms with van der Waals surface area (Å²) in [5.74, 6) is -0.259. The predicted molar refractivity (Wildman–Crippen MR) is 189 cm³/mol. The molecule has 258 valence electrons. The van der Waals surface area contributed by atoms with Crippen LogP contribution in [0.5, 0.6) is 5.75 Å². The highest BCUT2D eigenvalue weighted by Crippen LogP contribution is 2.40. The SMILES string of the molecule is COC(=O)CCCC(=O)N1C[C@H]2CC(c3ccc(CCCOc4cc(F)ccc4Br)cc3)=C(C(=O)NC3(Cc4ccccc4)CC3)[C@@H](C1)N2. The van der Waals surface area contributed by atoms with Gasteiger partial charge in [-0.2, -0.15) is 0 Å². The molecular formula is C39H43BrFN3O5. The first kappa shape index (κ1) is 34.8. The summed E-state index contributed by atoms with van der Waals surface area (Å²) in [6.45, 7) is 1.39. The van der Waals surface area contributed by atoms with Crippen LogP contribution in [0.25, 0.3) is 5.57 Å². The maximum atomic E-state index is 14.3. The van der Waals surface area contributed by atoms with Crippen molar-refractivity contribution in [3.05, 3.63) is 105 Å². The fourth-order valence-electron chi connectivity index (χ4n) is 6.94. The molecule has 2 aliphatic heterocycles. The molecular weight excluding hydrogens is 689 g/mol. The van der Waals surface area contributed by atoms with Crippen molar-refractivity contribution in [2.75, 3.05) is 26.8 Å². The van der Waals surface area contributed by atoms with E-state index in [1.165, 1.54) is 24.8 Å². The third kappa shape index (κ3) is 8.97. The molecule has 3 aromatic carbocycles. The zero-order chi connectivity index (χ0) is 34.4. The number of piperazine rings is 1. The highest BCUT2D eigenvalue weighted by molar-refractivity contribution is 9.10. The molecule has 2 N–H and O–H groups in total. The van der Waals surface area contributed by atoms with Crippen LogP contribution in [0.3, 0.4) is 0 Å². The minimum atomic E-state index is -0.336. The van der Waals surface area contributed by atoms with E-state index in [1.807, 2.05) is 23.1 Å². The number of nitrogens with zero attached hydrogens (tertiary/aromatic N) is 1. The molecule has 0 aromatic heterocycles. The van der Waals surface area contributed by atoms with Crippen LogP contribution in [0.4, 0.5) is 4.39 Å². The zero-order valence-corrected chi connectivity index (χ0v) is 29.4. The second-order valence-electron chi connectivity index (χ2n) is 13.4. The Kier molecular flexibility index (Phi) is 11.1. The van der Waals surface area contributed by atoms with Gasteiger partial charge in [-0.05, 0) is 95.3 Å². The molecule has 2 fully saturated rings. The summed E-state index contributed by atoms with van der Waals surface area (Å²) in [6.07, 6.45) is 5.71. The topological polar surface area (TPSA) is 97.0 Å². The van der Waals surface area contributed by atoms with Gasteiger partial charge in [0.25, 0.3) is 0 Å². The molecule has 2 heterocycles. The first-order valence-corrected chi connectivity index (χ1v) is 17.9. The van der Waals surface area contributed by atoms with Crippen molar-refractivity contribution in [3.63, 3.8) is 0 Å². The summed E-state index contributed by atoms with van der Waals surface area (Å²) in [7, 11) is 1.35. The average Bonchev–Trinajstić information content (AvgIpc) is 3.86. The summed E-state index contributed by atoms with van der Waals surface area (Å²) in [5.41, 5.74) is 4.81. The van der Waals surface area contributed by atoms with Gasteiger partial charge >= 0.3 is 5.97 Å². The van der Waals surface area contributed by atoms with Crippen LogP contribution in [0, 0.1) is 5.82 Å². The van der Waals surface area contributed by atoms with E-state index in [2.05, 4.69) is 63.0 Å². The van der Waals surface area contributed by atoms with Crippen LogP contribution in [0.2, 0.25) is 0 Å². The third-order valence-electron chi connectivity index (χ3n) is 9.68. The molecule has 49 heavy (non-hydrogen) atoms. The molecule has 0 radical (unpaired) electrons. The van der Waals surface area contributed by atoms with Crippen molar-refractivity contribution in [1.29, 1.82) is 0 Å². The van der Waals surface area contributed by atoms with Crippen molar-refractivity contribution in [2.24, 2.45) is 0 Å². The number of carbonyl (C=O) groups is 3. The number of carbonyl (C=O) groups excluding carboxylic acids is 3. The molecule has 10 heteroatoms. The minimum absolute atomic E-state index is 0.00744. The Morgan fingerprint density at radius 2 is 1.76 bits per heavy atom. The van der Waals surface area contributed by atoms with Crippen LogP contribution < -0.4 is 15.4 Å². The standard InChI is InChI=1S/C39H43BrFN3O5/c1-48-36(46)11-5-10-35(45)44-24-30-22-31(28-14-12-26(13-15-28)9-6-20-49-34-21-29(41)16-17-32(34)40)37(33(25-44)42-30)38(47)43-39(18-19-39)23-27-7-3-2-4-8-27/h2-4,7-8,12-17,21,30,33,42H,5-6,9-11,18-20,22-25H2,1H3,(H,43,47)/t30-,33-/m1/s1. The molecule has 2 bridgehead atoms. The number of halogens is 2. The van der Waals surface area contributed by atoms with Gasteiger partial charge in [0.1, 0.15) is 11.6 Å². The molecule has 1 saturated carbocycles. The summed E-state index contributed by atoms with van der Waals surface area (Å²) in [6, 6.07) is 22.7. The van der Waals surface area contributed by atoms with Crippen molar-refractivity contribution < 1.29 is 28.2 Å². The lowest BCUT2D eigenvalue weighted by molar-refractivity contribution is -0.141. The van der Waals surface area contributed by atoms with E-state index in [1.54, 1.807) is 6.07 Å². The normalized spacial score (nSPS) is 19.3. The zero-order valence-electron chi connectivity index (χ0n) is 27.8. The number of rotatable bonds is 14. The highest BCUT2D eigenvalue weighted by atomic mass is 79.9. The summed E-state index contributed by atoms with van der Waals surface area (Å²) in [5, 5.41) is 7.07. The fraction of sp³-hybridized carbons (Fsp3) is 0.410. The summed E-state index contributed by atoms with van der Waals surface area (Å²) >= 11 is 3.40. The largest absolute Gasteiger partial charge is 0.492 e. The smallest absolute Gasteiger partial charge is 0.305 e. The molecule has 1 saturated heterocycles. The lowest BCUT2D eigenvalue weighted by Crippen LogP contribution is -2.62. The highest BCUT2D eigenvalue weighted by Gasteiger charge is 2.46. The van der Waals surface area contributed by atoms with Gasteiger partial charge in [0.15, 0.2) is 0 Å². The van der Waals surface area contributed by atoms with Gasteiger partial charge in [-0.25, -0.2) is 4.39 Å². The van der Waals surface area contributed by atoms with Crippen molar-refractivity contribution in [2.45, 2.75) is 75.4 Å². The third-order valence-corrected chi connectivity index (χ3v) is 10.3. The Balaban J connectivity index is 1.17. The van der Waals surface area contributed by atoms with Gasteiger partial charge in [0, 0.05) is 49.2 Å². The van der Waals surface area contributed by atoms with E-state index in [-0.39, 0.29) is 54.1 Å². The minimum Gasteiger partial charge on any atom is -0.492 e. The number of hydrogen-bond acceptors (Lipinski definition) is 6. The number of benzene rings is 3. The van der Waals surface area contributed by atoms with E-state index in [4.69, 9.17) is 9.47 Å². The molecule has 1 aliphatic carbocycles. The summed E-state index contributed by atoms with van der Waals surface area (Å²) < 4.78 is 24.8. The van der Waals surface area contributed by atoms with Crippen molar-refractivity contribution >= 4 is 39.3 Å². The number of amides is 2. The number of fused-ring (bicyclic) bond motifs is 2. The Bertz CT molecular complexity index is 1690. The van der Waals surface area contributed by atoms with Crippen LogP contribution >= 0.6 is 15.9 Å². The molecule has 0 spiro atoms. The Labute approximate surface area is 295 Å². The van der Waals surface area contributed by atoms with E-state index in [0.29, 0.717) is 43.9 Å². The van der Waals surface area contributed by atoms with E-state index >= 15 is 0 Å². The van der Waals surface area contributed by atoms with Gasteiger partial charge < -0.3 is 25.0 Å². The number of nitrogens with one attached hydrogen (secondary N) is 2. The second kappa shape index (κ2) is 15.7. The second-order valence-corrected chi connectivity index (χ2v) is 14.2. The number of hydrogen-bond donors (Lipinski definition) is 2. The maximum Gasteiger partial charge on any atom is 0.305 e. The lowest BCUT2D eigenvalue weighted by atomic mass is 9.82. The molecule has 2 atom stereocenters. The van der Waals surface area contributed by atoms with Crippen LogP contribution in [-0.2, 0) is 32.0 Å². The first-order valence-electron chi connectivity index (χ1n) is 17.1. The van der Waals surface area contributed by atoms with Gasteiger partial charge in [-0.1, -0.05) is 54.6 Å². The average molecular weight is 733 g/mol. The van der Waals surface area contributed by atoms with Gasteiger partial charge in [-0.15, -0.1) is 0 Å². The Morgan fingerprint density at radius 3 is 2.49 bits per heavy atom. The first-order chi connectivity index (χ1) is 23.7. The Hall–Kier alpha value is -4.02. The van der Waals surface area contributed by atoms with E-state index < -0.39 is 0 Å². The monoisotopic (exact) mass is 731 g/mol. The molecule has 3 aromatic rings.